The average Bonchev–Trinajstić information content (AvgIpc) is 2.69. The van der Waals surface area contributed by atoms with E-state index in [1.54, 1.807) is 11.6 Å². The number of hydrogen-bond acceptors (Lipinski definition) is 5. The van der Waals surface area contributed by atoms with Gasteiger partial charge in [0, 0.05) is 13.2 Å². The number of aromatic nitrogens is 4. The molecule has 7 heteroatoms. The molecule has 100 valence electrons. The molecule has 0 aliphatic rings. The standard InChI is InChI=1S/C12H14ClN5O/c1-4-9-10(5-18(3)17-9)16-12-8(6-19)11(13)14-7(2)15-12/h5-6H,4H2,1-3H3,(H,14,15,16). The number of halogens is 1. The number of anilines is 2. The SMILES string of the molecule is CCc1nn(C)cc1Nc1nc(C)nc(Cl)c1C=O. The first-order valence-electron chi connectivity index (χ1n) is 5.84. The van der Waals surface area contributed by atoms with Gasteiger partial charge in [-0.15, -0.1) is 0 Å². The van der Waals surface area contributed by atoms with Crippen molar-refractivity contribution < 1.29 is 4.79 Å². The zero-order chi connectivity index (χ0) is 14.0. The van der Waals surface area contributed by atoms with Gasteiger partial charge in [0.2, 0.25) is 0 Å². The Labute approximate surface area is 115 Å². The maximum absolute atomic E-state index is 11.1. The number of aldehydes is 1. The van der Waals surface area contributed by atoms with E-state index in [-0.39, 0.29) is 10.7 Å². The number of carbonyl (C=O) groups excluding carboxylic acids is 1. The van der Waals surface area contributed by atoms with E-state index in [1.165, 1.54) is 0 Å². The molecule has 2 rings (SSSR count). The van der Waals surface area contributed by atoms with Crippen LogP contribution in [0.3, 0.4) is 0 Å². The van der Waals surface area contributed by atoms with Crippen molar-refractivity contribution in [1.82, 2.24) is 19.7 Å². The van der Waals surface area contributed by atoms with Gasteiger partial charge in [-0.05, 0) is 13.3 Å². The van der Waals surface area contributed by atoms with Crippen LogP contribution in [-0.4, -0.2) is 26.0 Å². The van der Waals surface area contributed by atoms with Gasteiger partial charge in [0.15, 0.2) is 6.29 Å². The van der Waals surface area contributed by atoms with Crippen molar-refractivity contribution in [3.63, 3.8) is 0 Å². The molecule has 19 heavy (non-hydrogen) atoms. The molecule has 0 aromatic carbocycles. The smallest absolute Gasteiger partial charge is 0.156 e. The van der Waals surface area contributed by atoms with Gasteiger partial charge in [-0.25, -0.2) is 9.97 Å². The fourth-order valence-corrected chi connectivity index (χ4v) is 2.03. The molecule has 0 fully saturated rings. The van der Waals surface area contributed by atoms with E-state index in [1.807, 2.05) is 20.2 Å². The molecule has 0 saturated heterocycles. The summed E-state index contributed by atoms with van der Waals surface area (Å²) in [5.74, 6) is 0.898. The van der Waals surface area contributed by atoms with Crippen molar-refractivity contribution >= 4 is 29.4 Å². The van der Waals surface area contributed by atoms with Crippen molar-refractivity contribution in [3.05, 3.63) is 28.4 Å². The van der Waals surface area contributed by atoms with E-state index in [0.717, 1.165) is 17.8 Å². The Hall–Kier alpha value is -1.95. The minimum absolute atomic E-state index is 0.145. The quantitative estimate of drug-likeness (QED) is 0.687. The third-order valence-electron chi connectivity index (χ3n) is 2.62. The second-order valence-corrected chi connectivity index (χ2v) is 4.44. The maximum Gasteiger partial charge on any atom is 0.156 e. The molecule has 2 aromatic heterocycles. The van der Waals surface area contributed by atoms with E-state index >= 15 is 0 Å². The Morgan fingerprint density at radius 3 is 2.84 bits per heavy atom. The van der Waals surface area contributed by atoms with Gasteiger partial charge in [0.25, 0.3) is 0 Å². The summed E-state index contributed by atoms with van der Waals surface area (Å²) < 4.78 is 1.71. The molecule has 0 unspecified atom stereocenters. The Bertz CT molecular complexity index is 623. The summed E-state index contributed by atoms with van der Waals surface area (Å²) in [7, 11) is 1.84. The van der Waals surface area contributed by atoms with Crippen LogP contribution in [0.4, 0.5) is 11.5 Å². The summed E-state index contributed by atoms with van der Waals surface area (Å²) in [6.07, 6.45) is 3.25. The molecule has 0 radical (unpaired) electrons. The van der Waals surface area contributed by atoms with Gasteiger partial charge in [0.1, 0.15) is 16.8 Å². The summed E-state index contributed by atoms with van der Waals surface area (Å²) in [5, 5.41) is 7.56. The van der Waals surface area contributed by atoms with Crippen LogP contribution in [0, 0.1) is 6.92 Å². The molecule has 2 heterocycles. The molecular weight excluding hydrogens is 266 g/mol. The van der Waals surface area contributed by atoms with Crippen LogP contribution in [0.15, 0.2) is 6.20 Å². The average molecular weight is 280 g/mol. The van der Waals surface area contributed by atoms with Crippen LogP contribution in [0.1, 0.15) is 28.8 Å². The predicted molar refractivity (Wildman–Crippen MR) is 73.0 cm³/mol. The van der Waals surface area contributed by atoms with Crippen LogP contribution in [-0.2, 0) is 13.5 Å². The first-order valence-corrected chi connectivity index (χ1v) is 6.21. The Morgan fingerprint density at radius 2 is 2.21 bits per heavy atom. The molecule has 0 aliphatic carbocycles. The predicted octanol–water partition coefficient (Wildman–Crippen LogP) is 2.29. The lowest BCUT2D eigenvalue weighted by Crippen LogP contribution is -2.04. The molecule has 0 aliphatic heterocycles. The zero-order valence-corrected chi connectivity index (χ0v) is 11.7. The Morgan fingerprint density at radius 1 is 1.47 bits per heavy atom. The molecule has 0 amide bonds. The summed E-state index contributed by atoms with van der Waals surface area (Å²) >= 11 is 5.94. The lowest BCUT2D eigenvalue weighted by molar-refractivity contribution is 0.112. The topological polar surface area (TPSA) is 72.7 Å². The van der Waals surface area contributed by atoms with Gasteiger partial charge in [0.05, 0.1) is 16.9 Å². The van der Waals surface area contributed by atoms with E-state index < -0.39 is 0 Å². The van der Waals surface area contributed by atoms with Crippen molar-refractivity contribution in [2.75, 3.05) is 5.32 Å². The van der Waals surface area contributed by atoms with Crippen LogP contribution < -0.4 is 5.32 Å². The van der Waals surface area contributed by atoms with Crippen molar-refractivity contribution in [1.29, 1.82) is 0 Å². The number of aryl methyl sites for hydroxylation is 3. The van der Waals surface area contributed by atoms with E-state index in [2.05, 4.69) is 20.4 Å². The molecular formula is C12H14ClN5O. The summed E-state index contributed by atoms with van der Waals surface area (Å²) in [4.78, 5) is 19.3. The minimum atomic E-state index is 0.145. The number of hydrogen-bond donors (Lipinski definition) is 1. The highest BCUT2D eigenvalue weighted by Crippen LogP contribution is 2.24. The molecule has 0 atom stereocenters. The van der Waals surface area contributed by atoms with Crippen LogP contribution in [0.5, 0.6) is 0 Å². The highest BCUT2D eigenvalue weighted by molar-refractivity contribution is 6.32. The zero-order valence-electron chi connectivity index (χ0n) is 10.9. The Balaban J connectivity index is 2.45. The van der Waals surface area contributed by atoms with Crippen molar-refractivity contribution in [3.8, 4) is 0 Å². The third kappa shape index (κ3) is 2.73. The fourth-order valence-electron chi connectivity index (χ4n) is 1.77. The molecule has 2 aromatic rings. The van der Waals surface area contributed by atoms with Crippen molar-refractivity contribution in [2.45, 2.75) is 20.3 Å². The summed E-state index contributed by atoms with van der Waals surface area (Å²) in [6, 6.07) is 0. The fraction of sp³-hybridized carbons (Fsp3) is 0.333. The molecule has 0 saturated carbocycles. The van der Waals surface area contributed by atoms with Gasteiger partial charge in [-0.2, -0.15) is 5.10 Å². The minimum Gasteiger partial charge on any atom is -0.337 e. The van der Waals surface area contributed by atoms with Crippen LogP contribution in [0.2, 0.25) is 5.15 Å². The highest BCUT2D eigenvalue weighted by atomic mass is 35.5. The summed E-state index contributed by atoms with van der Waals surface area (Å²) in [6.45, 7) is 3.72. The number of nitrogens with zero attached hydrogens (tertiary/aromatic N) is 4. The van der Waals surface area contributed by atoms with Gasteiger partial charge in [-0.1, -0.05) is 18.5 Å². The second kappa shape index (κ2) is 5.36. The van der Waals surface area contributed by atoms with E-state index in [9.17, 15) is 4.79 Å². The maximum atomic E-state index is 11.1. The van der Waals surface area contributed by atoms with E-state index in [0.29, 0.717) is 17.9 Å². The van der Waals surface area contributed by atoms with Crippen LogP contribution in [0.25, 0.3) is 0 Å². The van der Waals surface area contributed by atoms with Gasteiger partial charge in [-0.3, -0.25) is 9.48 Å². The first kappa shape index (κ1) is 13.5. The lowest BCUT2D eigenvalue weighted by Gasteiger charge is -2.08. The molecule has 6 nitrogen and oxygen atoms in total. The number of nitrogens with one attached hydrogen (secondary N) is 1. The normalized spacial score (nSPS) is 10.5. The van der Waals surface area contributed by atoms with Gasteiger partial charge >= 0.3 is 0 Å². The van der Waals surface area contributed by atoms with E-state index in [4.69, 9.17) is 11.6 Å². The Kier molecular flexibility index (Phi) is 3.80. The third-order valence-corrected chi connectivity index (χ3v) is 2.91. The monoisotopic (exact) mass is 279 g/mol. The first-order chi connectivity index (χ1) is 9.05. The molecule has 0 bridgehead atoms. The summed E-state index contributed by atoms with van der Waals surface area (Å²) in [5.41, 5.74) is 1.95. The second-order valence-electron chi connectivity index (χ2n) is 4.08. The molecule has 0 spiro atoms. The number of rotatable bonds is 4. The highest BCUT2D eigenvalue weighted by Gasteiger charge is 2.14. The largest absolute Gasteiger partial charge is 0.337 e. The molecule has 1 N–H and O–H groups in total. The van der Waals surface area contributed by atoms with Gasteiger partial charge < -0.3 is 5.32 Å². The lowest BCUT2D eigenvalue weighted by atomic mass is 10.2. The van der Waals surface area contributed by atoms with Crippen LogP contribution >= 0.6 is 11.6 Å². The van der Waals surface area contributed by atoms with Crippen molar-refractivity contribution in [2.24, 2.45) is 7.05 Å². The number of carbonyl (C=O) groups is 1.